The highest BCUT2D eigenvalue weighted by molar-refractivity contribution is 7.99. The first-order chi connectivity index (χ1) is 13.9. The van der Waals surface area contributed by atoms with Gasteiger partial charge in [-0.2, -0.15) is 4.98 Å². The highest BCUT2D eigenvalue weighted by atomic mass is 32.2. The number of rotatable bonds is 8. The molecule has 3 heterocycles. The largest absolute Gasteiger partial charge is 0.396 e. The van der Waals surface area contributed by atoms with E-state index < -0.39 is 8.96 Å². The van der Waals surface area contributed by atoms with Crippen molar-refractivity contribution in [3.8, 4) is 0 Å². The van der Waals surface area contributed by atoms with Crippen LogP contribution in [0.1, 0.15) is 44.6 Å². The molecule has 0 saturated heterocycles. The molecule has 0 amide bonds. The lowest BCUT2D eigenvalue weighted by Crippen LogP contribution is -1.98. The van der Waals surface area contributed by atoms with Crippen molar-refractivity contribution in [1.82, 2.24) is 19.9 Å². The van der Waals surface area contributed by atoms with Crippen molar-refractivity contribution in [1.29, 1.82) is 0 Å². The van der Waals surface area contributed by atoms with E-state index in [2.05, 4.69) is 38.9 Å². The number of fused-ring (bicyclic) bond motifs is 1. The van der Waals surface area contributed by atoms with Crippen LogP contribution >= 0.6 is 32.1 Å². The predicted octanol–water partition coefficient (Wildman–Crippen LogP) is 4.24. The van der Waals surface area contributed by atoms with Gasteiger partial charge in [-0.05, 0) is 37.8 Å². The van der Waals surface area contributed by atoms with Crippen LogP contribution < -0.4 is 10.8 Å². The zero-order chi connectivity index (χ0) is 21.2. The van der Waals surface area contributed by atoms with Crippen LogP contribution in [0.2, 0.25) is 0 Å². The van der Waals surface area contributed by atoms with E-state index in [1.54, 1.807) is 6.20 Å². The molecule has 0 fully saturated rings. The van der Waals surface area contributed by atoms with Gasteiger partial charge in [-0.1, -0.05) is 43.0 Å². The van der Waals surface area contributed by atoms with Gasteiger partial charge in [-0.3, -0.25) is 4.98 Å². The molecular formula is C18H27N6O2PS2. The fourth-order valence-corrected chi connectivity index (χ4v) is 4.33. The molecule has 5 N–H and O–H groups in total. The summed E-state index contributed by atoms with van der Waals surface area (Å²) in [5.41, 5.74) is 7.47. The van der Waals surface area contributed by atoms with Crippen molar-refractivity contribution in [2.24, 2.45) is 5.92 Å². The van der Waals surface area contributed by atoms with Gasteiger partial charge in [0.2, 0.25) is 0 Å². The fraction of sp³-hybridized carbons (Fsp3) is 0.444. The summed E-state index contributed by atoms with van der Waals surface area (Å²) in [5, 5.41) is 12.3. The van der Waals surface area contributed by atoms with Crippen molar-refractivity contribution >= 4 is 53.4 Å². The molecule has 11 heteroatoms. The van der Waals surface area contributed by atoms with Gasteiger partial charge in [0.05, 0.1) is 10.9 Å². The van der Waals surface area contributed by atoms with Gasteiger partial charge in [0, 0.05) is 12.8 Å². The summed E-state index contributed by atoms with van der Waals surface area (Å²) in [6, 6.07) is 5.80. The number of hydrogen-bond donors (Lipinski definition) is 4. The van der Waals surface area contributed by atoms with Crippen LogP contribution in [0.5, 0.6) is 0 Å². The summed E-state index contributed by atoms with van der Waals surface area (Å²) >= 11 is 2.81. The molecule has 3 rings (SSSR count). The standard InChI is InChI=1S/C12H13N6OPS2.C6H14O/c1-6(7-4-2-3-5-14-7)21-11-15-9(13)8-10(16-11)17-12(22-8)18-20-19;1-6(2)4-3-5-7/h2-6,19-20H,1H3,(H3,13,15,16,17,18);6-7H,3-5H2,1-2H3. The normalized spacial score (nSPS) is 12.3. The number of nitrogen functional groups attached to an aromatic ring is 1. The van der Waals surface area contributed by atoms with E-state index in [-0.39, 0.29) is 5.25 Å². The van der Waals surface area contributed by atoms with E-state index in [0.717, 1.165) is 29.2 Å². The number of thiazole rings is 1. The van der Waals surface area contributed by atoms with E-state index in [9.17, 15) is 0 Å². The molecule has 158 valence electrons. The van der Waals surface area contributed by atoms with E-state index in [0.29, 0.717) is 28.4 Å². The van der Waals surface area contributed by atoms with Crippen LogP contribution in [0.4, 0.5) is 10.9 Å². The van der Waals surface area contributed by atoms with Crippen LogP contribution in [-0.2, 0) is 0 Å². The third-order valence-corrected chi connectivity index (χ3v) is 6.25. The molecule has 2 atom stereocenters. The average Bonchev–Trinajstić information content (AvgIpc) is 3.11. The Morgan fingerprint density at radius 3 is 2.62 bits per heavy atom. The number of aliphatic hydroxyl groups excluding tert-OH is 1. The van der Waals surface area contributed by atoms with E-state index in [1.807, 2.05) is 25.1 Å². The zero-order valence-electron chi connectivity index (χ0n) is 16.7. The van der Waals surface area contributed by atoms with Gasteiger partial charge in [-0.25, -0.2) is 9.97 Å². The Hall–Kier alpha value is -1.58. The molecule has 29 heavy (non-hydrogen) atoms. The van der Waals surface area contributed by atoms with Crippen LogP contribution in [0.25, 0.3) is 10.3 Å². The molecule has 0 aliphatic carbocycles. The number of anilines is 2. The van der Waals surface area contributed by atoms with Crippen LogP contribution in [-0.4, -0.2) is 36.5 Å². The molecule has 3 aromatic heterocycles. The van der Waals surface area contributed by atoms with Crippen molar-refractivity contribution < 1.29 is 10.00 Å². The second-order valence-corrected chi connectivity index (χ2v) is 9.35. The number of hydrogen-bond acceptors (Lipinski definition) is 10. The van der Waals surface area contributed by atoms with Crippen molar-refractivity contribution in [3.05, 3.63) is 30.1 Å². The Balaban J connectivity index is 0.000000370. The number of aliphatic hydroxyl groups is 1. The molecule has 0 aliphatic heterocycles. The van der Waals surface area contributed by atoms with Gasteiger partial charge in [-0.15, -0.1) is 0 Å². The molecule has 0 radical (unpaired) electrons. The Labute approximate surface area is 180 Å². The van der Waals surface area contributed by atoms with E-state index in [1.165, 1.54) is 23.1 Å². The molecule has 0 bridgehead atoms. The Morgan fingerprint density at radius 2 is 2.03 bits per heavy atom. The monoisotopic (exact) mass is 454 g/mol. The molecular weight excluding hydrogens is 427 g/mol. The zero-order valence-corrected chi connectivity index (χ0v) is 19.3. The maximum atomic E-state index is 8.92. The van der Waals surface area contributed by atoms with Crippen LogP contribution in [0.15, 0.2) is 29.6 Å². The van der Waals surface area contributed by atoms with E-state index >= 15 is 0 Å². The smallest absolute Gasteiger partial charge is 0.192 e. The SMILES string of the molecule is CC(C)CCCO.CC(Sc1nc(N)c2sc(NPO)nc2n1)c1ccccn1. The second-order valence-electron chi connectivity index (χ2n) is 6.57. The van der Waals surface area contributed by atoms with Crippen LogP contribution in [0, 0.1) is 5.92 Å². The Morgan fingerprint density at radius 1 is 1.24 bits per heavy atom. The lowest BCUT2D eigenvalue weighted by atomic mass is 10.1. The summed E-state index contributed by atoms with van der Waals surface area (Å²) in [7, 11) is -0.413. The lowest BCUT2D eigenvalue weighted by molar-refractivity contribution is 0.276. The number of pyridine rings is 1. The minimum Gasteiger partial charge on any atom is -0.396 e. The molecule has 8 nitrogen and oxygen atoms in total. The maximum absolute atomic E-state index is 8.92. The first-order valence-corrected chi connectivity index (χ1v) is 11.9. The second kappa shape index (κ2) is 12.2. The average molecular weight is 455 g/mol. The predicted molar refractivity (Wildman–Crippen MR) is 123 cm³/mol. The number of nitrogens with zero attached hydrogens (tertiary/aromatic N) is 4. The van der Waals surface area contributed by atoms with Crippen molar-refractivity contribution in [2.75, 3.05) is 17.4 Å². The summed E-state index contributed by atoms with van der Waals surface area (Å²) in [6.07, 6.45) is 3.87. The number of aromatic nitrogens is 4. The molecule has 0 saturated carbocycles. The highest BCUT2D eigenvalue weighted by Gasteiger charge is 2.15. The number of thioether (sulfide) groups is 1. The number of nitrogens with one attached hydrogen (secondary N) is 1. The fourth-order valence-electron chi connectivity index (χ4n) is 2.31. The van der Waals surface area contributed by atoms with Gasteiger partial charge >= 0.3 is 0 Å². The van der Waals surface area contributed by atoms with Gasteiger partial charge < -0.3 is 20.8 Å². The van der Waals surface area contributed by atoms with Crippen molar-refractivity contribution in [3.63, 3.8) is 0 Å². The molecule has 3 aromatic rings. The van der Waals surface area contributed by atoms with Crippen LogP contribution in [0.3, 0.4) is 0 Å². The summed E-state index contributed by atoms with van der Waals surface area (Å²) in [5.74, 6) is 1.14. The number of nitrogens with two attached hydrogens (primary N) is 1. The van der Waals surface area contributed by atoms with Gasteiger partial charge in [0.25, 0.3) is 0 Å². The summed E-state index contributed by atoms with van der Waals surface area (Å²) < 4.78 is 0.718. The van der Waals surface area contributed by atoms with E-state index in [4.69, 9.17) is 15.7 Å². The third-order valence-electron chi connectivity index (χ3n) is 3.75. The summed E-state index contributed by atoms with van der Waals surface area (Å²) in [6.45, 7) is 6.71. The minimum atomic E-state index is -0.413. The molecule has 2 unspecified atom stereocenters. The molecule has 0 aromatic carbocycles. The van der Waals surface area contributed by atoms with Crippen molar-refractivity contribution in [2.45, 2.75) is 44.0 Å². The first-order valence-electron chi connectivity index (χ1n) is 9.22. The van der Waals surface area contributed by atoms with Gasteiger partial charge in [0.15, 0.2) is 15.9 Å². The quantitative estimate of drug-likeness (QED) is 0.224. The summed E-state index contributed by atoms with van der Waals surface area (Å²) in [4.78, 5) is 26.3. The topological polar surface area (TPSA) is 130 Å². The maximum Gasteiger partial charge on any atom is 0.192 e. The third kappa shape index (κ3) is 7.64. The highest BCUT2D eigenvalue weighted by Crippen LogP contribution is 2.35. The Kier molecular flexibility index (Phi) is 9.96. The Bertz CT molecular complexity index is 881. The minimum absolute atomic E-state index is 0.105. The first kappa shape index (κ1) is 23.7. The lowest BCUT2D eigenvalue weighted by Gasteiger charge is -2.09. The van der Waals surface area contributed by atoms with Gasteiger partial charge in [0.1, 0.15) is 19.5 Å². The molecule has 0 spiro atoms. The molecule has 0 aliphatic rings.